The van der Waals surface area contributed by atoms with Crippen LogP contribution in [0.5, 0.6) is 11.8 Å². The van der Waals surface area contributed by atoms with Crippen molar-refractivity contribution >= 4 is 44.6 Å². The van der Waals surface area contributed by atoms with Gasteiger partial charge in [0, 0.05) is 29.3 Å². The molecule has 4 amide bonds. The van der Waals surface area contributed by atoms with E-state index in [1.807, 2.05) is 11.6 Å². The Hall–Kier alpha value is -4.61. The maximum absolute atomic E-state index is 17.9. The minimum absolute atomic E-state index is 0.00970. The van der Waals surface area contributed by atoms with Gasteiger partial charge in [-0.2, -0.15) is 13.8 Å². The number of hydrogen-bond acceptors (Lipinski definition) is 9. The number of nitrogens with one attached hydrogen (secondary N) is 2. The second-order valence-corrected chi connectivity index (χ2v) is 20.0. The highest BCUT2D eigenvalue weighted by atomic mass is 32.2. The van der Waals surface area contributed by atoms with Crippen molar-refractivity contribution in [3.8, 4) is 11.8 Å². The topological polar surface area (TPSA) is 185 Å². The number of benzene rings is 1. The summed E-state index contributed by atoms with van der Waals surface area (Å²) in [4.78, 5) is 62.9. The molecule has 5 aliphatic rings. The van der Waals surface area contributed by atoms with Crippen molar-refractivity contribution in [3.63, 3.8) is 0 Å². The maximum Gasteiger partial charge on any atom is 0.408 e. The van der Waals surface area contributed by atoms with Crippen LogP contribution in [0.2, 0.25) is 0 Å². The molecule has 0 bridgehead atoms. The van der Waals surface area contributed by atoms with Gasteiger partial charge in [0.2, 0.25) is 27.7 Å². The summed E-state index contributed by atoms with van der Waals surface area (Å²) in [5, 5.41) is 14.3. The Morgan fingerprint density at radius 2 is 1.87 bits per heavy atom. The highest BCUT2D eigenvalue weighted by Crippen LogP contribution is 2.52. The minimum Gasteiger partial charge on any atom is -0.477 e. The number of pyridine rings is 1. The molecule has 0 spiro atoms. The van der Waals surface area contributed by atoms with Crippen LogP contribution in [-0.4, -0.2) is 105 Å². The van der Waals surface area contributed by atoms with Crippen molar-refractivity contribution in [1.82, 2.24) is 24.8 Å². The Morgan fingerprint density at radius 3 is 2.51 bits per heavy atom. The number of nitrogens with zero attached hydrogens (tertiary/aromatic N) is 3. The van der Waals surface area contributed by atoms with Crippen LogP contribution >= 0.6 is 0 Å². The molecule has 1 unspecified atom stereocenters. The Morgan fingerprint density at radius 1 is 1.16 bits per heavy atom. The van der Waals surface area contributed by atoms with E-state index in [2.05, 4.69) is 10.3 Å². The Balaban J connectivity index is 1.36. The van der Waals surface area contributed by atoms with Crippen LogP contribution in [0.15, 0.2) is 36.4 Å². The summed E-state index contributed by atoms with van der Waals surface area (Å²) < 4.78 is 88.6. The number of aryl methyl sites for hydroxylation is 1. The lowest BCUT2D eigenvalue weighted by molar-refractivity contribution is -0.219. The average Bonchev–Trinajstić information content (AvgIpc) is 4.14. The monoisotopic (exact) mass is 875 g/mol. The molecule has 1 saturated heterocycles. The number of carboxylic acid groups (broad SMARTS) is 1. The van der Waals surface area contributed by atoms with Gasteiger partial charge < -0.3 is 19.9 Å². The van der Waals surface area contributed by atoms with E-state index in [0.717, 1.165) is 17.4 Å². The highest BCUT2D eigenvalue weighted by molar-refractivity contribution is 7.91. The summed E-state index contributed by atoms with van der Waals surface area (Å²) in [6.07, 6.45) is 4.16. The quantitative estimate of drug-likeness (QED) is 0.182. The Bertz CT molecular complexity index is 2220. The fraction of sp³-hybridized carbons (Fsp3) is 0.651. The van der Waals surface area contributed by atoms with Gasteiger partial charge in [0.1, 0.15) is 29.0 Å². The van der Waals surface area contributed by atoms with Gasteiger partial charge in [0.05, 0.1) is 6.61 Å². The largest absolute Gasteiger partial charge is 0.477 e. The van der Waals surface area contributed by atoms with E-state index >= 15 is 13.6 Å². The second-order valence-electron chi connectivity index (χ2n) is 17.9. The van der Waals surface area contributed by atoms with Gasteiger partial charge in [0.15, 0.2) is 5.60 Å². The number of carbonyl (C=O) groups excluding carboxylic acids is 3. The summed E-state index contributed by atoms with van der Waals surface area (Å²) in [5.41, 5.74) is -3.86. The Labute approximate surface area is 354 Å². The third-order valence-corrected chi connectivity index (χ3v) is 15.9. The molecular weight excluding hydrogens is 820 g/mol. The van der Waals surface area contributed by atoms with E-state index in [4.69, 9.17) is 9.47 Å². The molecule has 3 aliphatic heterocycles. The molecule has 2 aliphatic carbocycles. The van der Waals surface area contributed by atoms with Gasteiger partial charge in [-0.3, -0.25) is 28.9 Å². The van der Waals surface area contributed by atoms with Gasteiger partial charge in [0.25, 0.3) is 11.8 Å². The van der Waals surface area contributed by atoms with Crippen molar-refractivity contribution in [2.24, 2.45) is 17.8 Å². The lowest BCUT2D eigenvalue weighted by Gasteiger charge is -2.43. The summed E-state index contributed by atoms with van der Waals surface area (Å²) in [6, 6.07) is -1.90. The van der Waals surface area contributed by atoms with E-state index in [-0.39, 0.29) is 54.7 Å². The number of alkyl halides is 3. The summed E-state index contributed by atoms with van der Waals surface area (Å²) in [5.74, 6) is -5.34. The number of halogens is 3. The molecule has 8 atom stereocenters. The van der Waals surface area contributed by atoms with Crippen molar-refractivity contribution < 1.29 is 55.3 Å². The third-order valence-electron chi connectivity index (χ3n) is 13.8. The predicted octanol–water partition coefficient (Wildman–Crippen LogP) is 6.26. The first-order valence-electron chi connectivity index (χ1n) is 21.4. The fourth-order valence-electron chi connectivity index (χ4n) is 9.46. The van der Waals surface area contributed by atoms with Crippen LogP contribution in [0, 0.1) is 17.8 Å². The zero-order valence-electron chi connectivity index (χ0n) is 35.2. The van der Waals surface area contributed by atoms with E-state index in [1.165, 1.54) is 0 Å². The van der Waals surface area contributed by atoms with E-state index < -0.39 is 98.8 Å². The number of aromatic nitrogens is 1. The number of rotatable bonds is 10. The van der Waals surface area contributed by atoms with E-state index in [1.54, 1.807) is 57.2 Å². The van der Waals surface area contributed by atoms with Gasteiger partial charge in [-0.1, -0.05) is 57.5 Å². The van der Waals surface area contributed by atoms with Crippen LogP contribution in [-0.2, 0) is 30.8 Å². The molecule has 2 aromatic rings. The molecule has 3 fully saturated rings. The molecule has 18 heteroatoms. The molecule has 61 heavy (non-hydrogen) atoms. The number of ether oxygens (including phenoxy) is 2. The molecule has 1 aromatic carbocycles. The number of sulfonamides is 1. The van der Waals surface area contributed by atoms with Crippen LogP contribution in [0.1, 0.15) is 104 Å². The number of carbonyl (C=O) groups is 4. The van der Waals surface area contributed by atoms with E-state index in [9.17, 15) is 32.3 Å². The number of fused-ring (bicyclic) bond motifs is 5. The molecule has 2 saturated carbocycles. The Kier molecular flexibility index (Phi) is 11.8. The van der Waals surface area contributed by atoms with Gasteiger partial charge >= 0.3 is 12.1 Å². The van der Waals surface area contributed by atoms with E-state index in [0.29, 0.717) is 49.5 Å². The highest BCUT2D eigenvalue weighted by Gasteiger charge is 2.71. The van der Waals surface area contributed by atoms with Crippen molar-refractivity contribution in [1.29, 1.82) is 0 Å². The molecule has 7 rings (SSSR count). The number of hydrogen-bond donors (Lipinski definition) is 3. The number of allylic oxidation sites excluding steroid dienone is 1. The third kappa shape index (κ3) is 7.68. The summed E-state index contributed by atoms with van der Waals surface area (Å²) in [7, 11) is -4.55. The molecular formula is C43H56F3N5O9S. The lowest BCUT2D eigenvalue weighted by atomic mass is 9.83. The average molecular weight is 876 g/mol. The van der Waals surface area contributed by atoms with Gasteiger partial charge in [-0.25, -0.2) is 17.6 Å². The zero-order valence-corrected chi connectivity index (χ0v) is 36.0. The first-order chi connectivity index (χ1) is 28.8. The number of amides is 4. The van der Waals surface area contributed by atoms with Gasteiger partial charge in [-0.15, -0.1) is 0 Å². The normalized spacial score (nSPS) is 31.7. The first kappa shape index (κ1) is 44.4. The molecule has 334 valence electrons. The standard InChI is InChI=1S/C43H56F3N5O9S/c1-6-26(4)50(39(55)56)33-27(7-2)21-25(3)13-8-9-14-28-22-42(28,38(54)49-61(57,58)41(24-44)18-19-41)48-34(52)32-23-40(5,43(45,46)51(32)37(33)53)60-36-31-16-11-10-15-29(31)30-17-12-20-59-35(30)47-36/h9-11,14-16,25-28,32-33H,6-8,12-13,17-24H2,1-5H3,(H,48,52)(H,49,54)(H,55,56)/b14-9-/t25-,26?,27-,28-,32+,33+,40-,42-/m1/s1. The second kappa shape index (κ2) is 16.3. The smallest absolute Gasteiger partial charge is 0.408 e. The maximum atomic E-state index is 17.9. The van der Waals surface area contributed by atoms with Crippen molar-refractivity contribution in [2.75, 3.05) is 13.3 Å². The van der Waals surface area contributed by atoms with Crippen LogP contribution in [0.3, 0.4) is 0 Å². The summed E-state index contributed by atoms with van der Waals surface area (Å²) in [6.45, 7) is 7.15. The zero-order chi connectivity index (χ0) is 44.3. The predicted molar refractivity (Wildman–Crippen MR) is 218 cm³/mol. The molecule has 0 radical (unpaired) electrons. The van der Waals surface area contributed by atoms with Crippen LogP contribution in [0.4, 0.5) is 18.0 Å². The SMILES string of the molecule is CCC(C)N(C(=O)O)[C@@H]1C(=O)N2[C@@H](C[C@@](C)(Oc3nc4c(c5ccccc35)CCCO4)C2(F)F)C(=O)N[C@]2(C(=O)NS(=O)(=O)C3(CF)CC3)C[C@H]2/C=C\CC[C@@H](C)C[C@H]1CC. The van der Waals surface area contributed by atoms with Crippen LogP contribution < -0.4 is 19.5 Å². The fourth-order valence-corrected chi connectivity index (χ4v) is 10.9. The van der Waals surface area contributed by atoms with Crippen LogP contribution in [0.25, 0.3) is 10.8 Å². The lowest BCUT2D eigenvalue weighted by Crippen LogP contribution is -2.65. The molecule has 14 nitrogen and oxygen atoms in total. The first-order valence-corrected chi connectivity index (χ1v) is 22.9. The molecule has 4 heterocycles. The minimum atomic E-state index is -4.55. The van der Waals surface area contributed by atoms with Gasteiger partial charge in [-0.05, 0) is 94.9 Å². The van der Waals surface area contributed by atoms with Crippen molar-refractivity contribution in [3.05, 3.63) is 42.0 Å². The molecule has 1 aromatic heterocycles. The van der Waals surface area contributed by atoms with Crippen molar-refractivity contribution in [2.45, 2.75) is 145 Å². The molecule has 3 N–H and O–H groups in total. The summed E-state index contributed by atoms with van der Waals surface area (Å²) >= 11 is 0.